The zero-order chi connectivity index (χ0) is 17.7. The van der Waals surface area contributed by atoms with Crippen LogP contribution in [0.4, 0.5) is 5.95 Å². The van der Waals surface area contributed by atoms with Gasteiger partial charge in [0, 0.05) is 24.5 Å². The van der Waals surface area contributed by atoms with Crippen LogP contribution in [0.1, 0.15) is 50.7 Å². The molecule has 6 heteroatoms. The largest absolute Gasteiger partial charge is 0.467 e. The van der Waals surface area contributed by atoms with Crippen molar-refractivity contribution in [3.05, 3.63) is 42.1 Å². The van der Waals surface area contributed by atoms with Crippen LogP contribution in [0, 0.1) is 5.92 Å². The molecule has 0 fully saturated rings. The van der Waals surface area contributed by atoms with Crippen molar-refractivity contribution < 1.29 is 9.21 Å². The minimum absolute atomic E-state index is 0.0658. The number of nitrogens with one attached hydrogen (secondary N) is 1. The standard InChI is InChI=1S/C18H26N4O2/c1-12(2)14(5)22(11-16-7-6-8-24-16)17(23)15-9-19-18(20-10-15)21-13(3)4/h6-10,12-14H,11H2,1-5H3,(H,19,20,21). The van der Waals surface area contributed by atoms with Crippen LogP contribution in [0.5, 0.6) is 0 Å². The van der Waals surface area contributed by atoms with Crippen LogP contribution in [0.2, 0.25) is 0 Å². The number of carbonyl (C=O) groups excluding carboxylic acids is 1. The summed E-state index contributed by atoms with van der Waals surface area (Å²) in [4.78, 5) is 23.2. The number of hydrogen-bond donors (Lipinski definition) is 1. The van der Waals surface area contributed by atoms with Gasteiger partial charge in [-0.3, -0.25) is 4.79 Å². The van der Waals surface area contributed by atoms with E-state index in [0.717, 1.165) is 5.76 Å². The third-order valence-electron chi connectivity index (χ3n) is 3.94. The first kappa shape index (κ1) is 18.0. The summed E-state index contributed by atoms with van der Waals surface area (Å²) in [5.74, 6) is 1.52. The van der Waals surface area contributed by atoms with Gasteiger partial charge in [0.1, 0.15) is 5.76 Å². The highest BCUT2D eigenvalue weighted by atomic mass is 16.3. The van der Waals surface area contributed by atoms with Gasteiger partial charge in [-0.25, -0.2) is 9.97 Å². The average molecular weight is 330 g/mol. The van der Waals surface area contributed by atoms with Crippen LogP contribution < -0.4 is 5.32 Å². The predicted octanol–water partition coefficient (Wildman–Crippen LogP) is 3.58. The molecule has 6 nitrogen and oxygen atoms in total. The molecule has 2 aromatic heterocycles. The fraction of sp³-hybridized carbons (Fsp3) is 0.500. The number of rotatable bonds is 7. The molecule has 0 saturated heterocycles. The molecule has 1 amide bonds. The highest BCUT2D eigenvalue weighted by molar-refractivity contribution is 5.93. The van der Waals surface area contributed by atoms with E-state index in [9.17, 15) is 4.79 Å². The second-order valence-electron chi connectivity index (χ2n) is 6.59. The monoisotopic (exact) mass is 330 g/mol. The highest BCUT2D eigenvalue weighted by Gasteiger charge is 2.25. The van der Waals surface area contributed by atoms with Gasteiger partial charge in [-0.15, -0.1) is 0 Å². The van der Waals surface area contributed by atoms with E-state index in [0.29, 0.717) is 24.0 Å². The lowest BCUT2D eigenvalue weighted by Gasteiger charge is -2.31. The van der Waals surface area contributed by atoms with Crippen LogP contribution in [-0.4, -0.2) is 32.9 Å². The second kappa shape index (κ2) is 7.95. The van der Waals surface area contributed by atoms with Crippen LogP contribution in [0.15, 0.2) is 35.2 Å². The van der Waals surface area contributed by atoms with Gasteiger partial charge in [0.2, 0.25) is 5.95 Å². The van der Waals surface area contributed by atoms with E-state index in [-0.39, 0.29) is 18.0 Å². The lowest BCUT2D eigenvalue weighted by molar-refractivity contribution is 0.0610. The Balaban J connectivity index is 2.20. The maximum absolute atomic E-state index is 12.9. The van der Waals surface area contributed by atoms with Crippen molar-refractivity contribution >= 4 is 11.9 Å². The molecule has 0 aliphatic rings. The molecule has 2 heterocycles. The molecule has 1 unspecified atom stereocenters. The summed E-state index contributed by atoms with van der Waals surface area (Å²) in [6, 6.07) is 4.01. The Hall–Kier alpha value is -2.37. The van der Waals surface area contributed by atoms with E-state index >= 15 is 0 Å². The lowest BCUT2D eigenvalue weighted by Crippen LogP contribution is -2.41. The van der Waals surface area contributed by atoms with Gasteiger partial charge in [0.25, 0.3) is 5.91 Å². The molecule has 0 saturated carbocycles. The summed E-state index contributed by atoms with van der Waals surface area (Å²) < 4.78 is 5.41. The Morgan fingerprint density at radius 3 is 2.38 bits per heavy atom. The topological polar surface area (TPSA) is 71.3 Å². The molecule has 2 aromatic rings. The fourth-order valence-corrected chi connectivity index (χ4v) is 2.27. The normalized spacial score (nSPS) is 12.5. The van der Waals surface area contributed by atoms with Crippen molar-refractivity contribution in [3.63, 3.8) is 0 Å². The third-order valence-corrected chi connectivity index (χ3v) is 3.94. The number of nitrogens with zero attached hydrogens (tertiary/aromatic N) is 3. The Kier molecular flexibility index (Phi) is 5.95. The van der Waals surface area contributed by atoms with E-state index in [4.69, 9.17) is 4.42 Å². The lowest BCUT2D eigenvalue weighted by atomic mass is 10.0. The van der Waals surface area contributed by atoms with Gasteiger partial charge >= 0.3 is 0 Å². The first-order valence-electron chi connectivity index (χ1n) is 8.30. The number of amides is 1. The van der Waals surface area contributed by atoms with Crippen LogP contribution in [-0.2, 0) is 6.54 Å². The van der Waals surface area contributed by atoms with Crippen LogP contribution in [0.25, 0.3) is 0 Å². The Morgan fingerprint density at radius 2 is 1.88 bits per heavy atom. The second-order valence-corrected chi connectivity index (χ2v) is 6.59. The molecule has 0 aromatic carbocycles. The molecular weight excluding hydrogens is 304 g/mol. The Morgan fingerprint density at radius 1 is 1.21 bits per heavy atom. The summed E-state index contributed by atoms with van der Waals surface area (Å²) >= 11 is 0. The number of aromatic nitrogens is 2. The van der Waals surface area contributed by atoms with Crippen molar-refractivity contribution in [2.24, 2.45) is 5.92 Å². The molecule has 2 rings (SSSR count). The molecule has 0 bridgehead atoms. The SMILES string of the molecule is CC(C)Nc1ncc(C(=O)N(Cc2ccco2)C(C)C(C)C)cn1. The summed E-state index contributed by atoms with van der Waals surface area (Å²) in [5.41, 5.74) is 0.475. The van der Waals surface area contributed by atoms with E-state index < -0.39 is 0 Å². The van der Waals surface area contributed by atoms with Gasteiger partial charge in [-0.05, 0) is 38.8 Å². The minimum atomic E-state index is -0.0938. The molecule has 0 spiro atoms. The first-order chi connectivity index (χ1) is 11.4. The predicted molar refractivity (Wildman–Crippen MR) is 93.7 cm³/mol. The Bertz CT molecular complexity index is 636. The molecule has 1 atom stereocenters. The number of hydrogen-bond acceptors (Lipinski definition) is 5. The molecule has 0 aliphatic heterocycles. The highest BCUT2D eigenvalue weighted by Crippen LogP contribution is 2.18. The first-order valence-corrected chi connectivity index (χ1v) is 8.30. The molecule has 0 aliphatic carbocycles. The summed E-state index contributed by atoms with van der Waals surface area (Å²) in [6.07, 6.45) is 4.76. The fourth-order valence-electron chi connectivity index (χ4n) is 2.27. The van der Waals surface area contributed by atoms with Gasteiger partial charge in [0.15, 0.2) is 0 Å². The van der Waals surface area contributed by atoms with Crippen molar-refractivity contribution in [2.45, 2.75) is 53.2 Å². The molecule has 0 radical (unpaired) electrons. The van der Waals surface area contributed by atoms with Crippen molar-refractivity contribution in [1.82, 2.24) is 14.9 Å². The zero-order valence-corrected chi connectivity index (χ0v) is 15.0. The zero-order valence-electron chi connectivity index (χ0n) is 15.0. The smallest absolute Gasteiger partial charge is 0.257 e. The maximum Gasteiger partial charge on any atom is 0.257 e. The van der Waals surface area contributed by atoms with Gasteiger partial charge < -0.3 is 14.6 Å². The van der Waals surface area contributed by atoms with Gasteiger partial charge in [-0.2, -0.15) is 0 Å². The van der Waals surface area contributed by atoms with Crippen molar-refractivity contribution in [1.29, 1.82) is 0 Å². The molecule has 1 N–H and O–H groups in total. The average Bonchev–Trinajstić information content (AvgIpc) is 3.04. The van der Waals surface area contributed by atoms with E-state index in [1.165, 1.54) is 0 Å². The van der Waals surface area contributed by atoms with Gasteiger partial charge in [-0.1, -0.05) is 13.8 Å². The van der Waals surface area contributed by atoms with Crippen LogP contribution >= 0.6 is 0 Å². The van der Waals surface area contributed by atoms with Gasteiger partial charge in [0.05, 0.1) is 18.4 Å². The number of furan rings is 1. The quantitative estimate of drug-likeness (QED) is 0.840. The van der Waals surface area contributed by atoms with E-state index in [2.05, 4.69) is 29.1 Å². The van der Waals surface area contributed by atoms with Crippen molar-refractivity contribution in [2.75, 3.05) is 5.32 Å². The minimum Gasteiger partial charge on any atom is -0.467 e. The van der Waals surface area contributed by atoms with Crippen LogP contribution in [0.3, 0.4) is 0 Å². The van der Waals surface area contributed by atoms with Crippen molar-refractivity contribution in [3.8, 4) is 0 Å². The Labute approximate surface area is 143 Å². The summed E-state index contributed by atoms with van der Waals surface area (Å²) in [6.45, 7) is 10.7. The summed E-state index contributed by atoms with van der Waals surface area (Å²) in [5, 5.41) is 3.12. The third kappa shape index (κ3) is 4.57. The maximum atomic E-state index is 12.9. The molecule has 130 valence electrons. The van der Waals surface area contributed by atoms with E-state index in [1.807, 2.05) is 32.9 Å². The number of carbonyl (C=O) groups is 1. The number of anilines is 1. The summed E-state index contributed by atoms with van der Waals surface area (Å²) in [7, 11) is 0. The molecule has 24 heavy (non-hydrogen) atoms. The molecular formula is C18H26N4O2. The van der Waals surface area contributed by atoms with E-state index in [1.54, 1.807) is 23.6 Å².